The molecule has 0 saturated heterocycles. The quantitative estimate of drug-likeness (QED) is 0.663. The van der Waals surface area contributed by atoms with Crippen LogP contribution in [0.4, 0.5) is 5.95 Å². The Kier molecular flexibility index (Phi) is 1.55. The topological polar surface area (TPSA) is 43.8 Å². The minimum atomic E-state index is 0.569. The molecule has 0 aliphatic rings. The van der Waals surface area contributed by atoms with Crippen molar-refractivity contribution >= 4 is 17.0 Å². The Bertz CT molecular complexity index is 468. The van der Waals surface area contributed by atoms with E-state index in [0.717, 1.165) is 11.0 Å². The van der Waals surface area contributed by atoms with Gasteiger partial charge in [-0.3, -0.25) is 0 Å². The van der Waals surface area contributed by atoms with Gasteiger partial charge in [-0.1, -0.05) is 0 Å². The van der Waals surface area contributed by atoms with Gasteiger partial charge in [0.05, 0.1) is 11.0 Å². The second-order valence-electron chi connectivity index (χ2n) is 3.45. The minimum Gasteiger partial charge on any atom is -0.369 e. The fourth-order valence-electron chi connectivity index (χ4n) is 1.47. The Morgan fingerprint density at radius 3 is 2.54 bits per heavy atom. The van der Waals surface area contributed by atoms with Crippen molar-refractivity contribution in [3.63, 3.8) is 0 Å². The Labute approximate surface area is 77.2 Å². The summed E-state index contributed by atoms with van der Waals surface area (Å²) < 4.78 is 1.90. The van der Waals surface area contributed by atoms with Crippen molar-refractivity contribution < 1.29 is 0 Å². The van der Waals surface area contributed by atoms with Crippen molar-refractivity contribution in [2.24, 2.45) is 7.05 Å². The van der Waals surface area contributed by atoms with Gasteiger partial charge in [0.25, 0.3) is 0 Å². The SMILES string of the molecule is Cc1cc2nc(N)n(C)c2cc1C. The third-order valence-electron chi connectivity index (χ3n) is 2.53. The van der Waals surface area contributed by atoms with E-state index in [9.17, 15) is 0 Å². The van der Waals surface area contributed by atoms with Crippen LogP contribution in [-0.2, 0) is 7.05 Å². The van der Waals surface area contributed by atoms with Crippen LogP contribution in [0.25, 0.3) is 11.0 Å². The Balaban J connectivity index is 2.89. The lowest BCUT2D eigenvalue weighted by Crippen LogP contribution is -1.96. The first-order valence-electron chi connectivity index (χ1n) is 4.29. The highest BCUT2D eigenvalue weighted by molar-refractivity contribution is 5.79. The van der Waals surface area contributed by atoms with Gasteiger partial charge in [0.15, 0.2) is 0 Å². The molecular formula is C10H13N3. The van der Waals surface area contributed by atoms with Gasteiger partial charge in [0.2, 0.25) is 5.95 Å². The van der Waals surface area contributed by atoms with E-state index in [-0.39, 0.29) is 0 Å². The van der Waals surface area contributed by atoms with Gasteiger partial charge in [-0.15, -0.1) is 0 Å². The van der Waals surface area contributed by atoms with E-state index in [2.05, 4.69) is 31.0 Å². The lowest BCUT2D eigenvalue weighted by molar-refractivity contribution is 0.964. The van der Waals surface area contributed by atoms with Gasteiger partial charge in [-0.05, 0) is 37.1 Å². The zero-order chi connectivity index (χ0) is 9.59. The standard InChI is InChI=1S/C10H13N3/c1-6-4-8-9(5-7(6)2)13(3)10(11)12-8/h4-5H,1-3H3,(H2,11,12). The summed E-state index contributed by atoms with van der Waals surface area (Å²) in [7, 11) is 1.93. The van der Waals surface area contributed by atoms with Gasteiger partial charge in [-0.25, -0.2) is 4.98 Å². The number of nitrogens with two attached hydrogens (primary N) is 1. The number of imidazole rings is 1. The highest BCUT2D eigenvalue weighted by Crippen LogP contribution is 2.20. The van der Waals surface area contributed by atoms with Crippen molar-refractivity contribution in [1.29, 1.82) is 0 Å². The number of hydrogen-bond acceptors (Lipinski definition) is 2. The molecule has 2 aromatic rings. The summed E-state index contributed by atoms with van der Waals surface area (Å²) in [5.41, 5.74) is 10.3. The number of aromatic nitrogens is 2. The first-order valence-corrected chi connectivity index (χ1v) is 4.29. The van der Waals surface area contributed by atoms with E-state index in [4.69, 9.17) is 5.73 Å². The molecule has 0 fully saturated rings. The fraction of sp³-hybridized carbons (Fsp3) is 0.300. The molecule has 0 atom stereocenters. The second-order valence-corrected chi connectivity index (χ2v) is 3.45. The number of nitrogen functional groups attached to an aromatic ring is 1. The van der Waals surface area contributed by atoms with Crippen LogP contribution in [0.1, 0.15) is 11.1 Å². The van der Waals surface area contributed by atoms with E-state index in [1.54, 1.807) is 0 Å². The first kappa shape index (κ1) is 8.10. The molecule has 0 spiro atoms. The van der Waals surface area contributed by atoms with E-state index < -0.39 is 0 Å². The molecular weight excluding hydrogens is 162 g/mol. The number of rotatable bonds is 0. The lowest BCUT2D eigenvalue weighted by Gasteiger charge is -2.00. The summed E-state index contributed by atoms with van der Waals surface area (Å²) in [5.74, 6) is 0.569. The summed E-state index contributed by atoms with van der Waals surface area (Å²) in [4.78, 5) is 4.26. The number of aryl methyl sites for hydroxylation is 3. The normalized spacial score (nSPS) is 11.0. The molecule has 0 bridgehead atoms. The average molecular weight is 175 g/mol. The van der Waals surface area contributed by atoms with Gasteiger partial charge in [0, 0.05) is 7.05 Å². The maximum atomic E-state index is 5.70. The Morgan fingerprint density at radius 2 is 1.85 bits per heavy atom. The van der Waals surface area contributed by atoms with Crippen LogP contribution >= 0.6 is 0 Å². The first-order chi connectivity index (χ1) is 6.09. The van der Waals surface area contributed by atoms with Crippen molar-refractivity contribution in [3.05, 3.63) is 23.3 Å². The van der Waals surface area contributed by atoms with Crippen molar-refractivity contribution in [1.82, 2.24) is 9.55 Å². The predicted molar refractivity (Wildman–Crippen MR) is 54.6 cm³/mol. The van der Waals surface area contributed by atoms with Crippen LogP contribution in [0.3, 0.4) is 0 Å². The van der Waals surface area contributed by atoms with Crippen molar-refractivity contribution in [2.75, 3.05) is 5.73 Å². The number of fused-ring (bicyclic) bond motifs is 1. The van der Waals surface area contributed by atoms with Crippen molar-refractivity contribution in [2.45, 2.75) is 13.8 Å². The molecule has 0 aliphatic carbocycles. The van der Waals surface area contributed by atoms with E-state index in [1.807, 2.05) is 11.6 Å². The summed E-state index contributed by atoms with van der Waals surface area (Å²) >= 11 is 0. The zero-order valence-electron chi connectivity index (χ0n) is 8.13. The summed E-state index contributed by atoms with van der Waals surface area (Å²) in [6.45, 7) is 4.18. The Hall–Kier alpha value is -1.51. The molecule has 1 aromatic carbocycles. The molecule has 0 unspecified atom stereocenters. The minimum absolute atomic E-state index is 0.569. The van der Waals surface area contributed by atoms with Crippen LogP contribution < -0.4 is 5.73 Å². The fourth-order valence-corrected chi connectivity index (χ4v) is 1.47. The van der Waals surface area contributed by atoms with E-state index in [1.165, 1.54) is 11.1 Å². The third-order valence-corrected chi connectivity index (χ3v) is 2.53. The number of anilines is 1. The van der Waals surface area contributed by atoms with Crippen LogP contribution in [0.5, 0.6) is 0 Å². The average Bonchev–Trinajstić information content (AvgIpc) is 2.32. The summed E-state index contributed by atoms with van der Waals surface area (Å²) in [6, 6.07) is 4.19. The third kappa shape index (κ3) is 1.08. The monoisotopic (exact) mass is 175 g/mol. The van der Waals surface area contributed by atoms with Crippen molar-refractivity contribution in [3.8, 4) is 0 Å². The molecule has 0 saturated carbocycles. The van der Waals surface area contributed by atoms with Crippen LogP contribution in [0, 0.1) is 13.8 Å². The van der Waals surface area contributed by atoms with Gasteiger partial charge in [0.1, 0.15) is 0 Å². The van der Waals surface area contributed by atoms with Gasteiger partial charge in [-0.2, -0.15) is 0 Å². The molecule has 2 N–H and O–H groups in total. The van der Waals surface area contributed by atoms with Crippen LogP contribution in [0.15, 0.2) is 12.1 Å². The molecule has 1 heterocycles. The maximum Gasteiger partial charge on any atom is 0.200 e. The molecule has 3 heteroatoms. The molecule has 3 nitrogen and oxygen atoms in total. The van der Waals surface area contributed by atoms with Gasteiger partial charge >= 0.3 is 0 Å². The smallest absolute Gasteiger partial charge is 0.200 e. The predicted octanol–water partition coefficient (Wildman–Crippen LogP) is 1.77. The second kappa shape index (κ2) is 2.49. The molecule has 0 amide bonds. The maximum absolute atomic E-state index is 5.70. The molecule has 0 aliphatic heterocycles. The zero-order valence-corrected chi connectivity index (χ0v) is 8.13. The van der Waals surface area contributed by atoms with E-state index >= 15 is 0 Å². The molecule has 68 valence electrons. The number of hydrogen-bond donors (Lipinski definition) is 1. The van der Waals surface area contributed by atoms with Gasteiger partial charge < -0.3 is 10.3 Å². The Morgan fingerprint density at radius 1 is 1.23 bits per heavy atom. The lowest BCUT2D eigenvalue weighted by atomic mass is 10.1. The van der Waals surface area contributed by atoms with E-state index in [0.29, 0.717) is 5.95 Å². The highest BCUT2D eigenvalue weighted by atomic mass is 15.1. The highest BCUT2D eigenvalue weighted by Gasteiger charge is 2.05. The summed E-state index contributed by atoms with van der Waals surface area (Å²) in [6.07, 6.45) is 0. The largest absolute Gasteiger partial charge is 0.369 e. The van der Waals surface area contributed by atoms with Crippen LogP contribution in [0.2, 0.25) is 0 Å². The number of nitrogens with zero attached hydrogens (tertiary/aromatic N) is 2. The van der Waals surface area contributed by atoms with Crippen LogP contribution in [-0.4, -0.2) is 9.55 Å². The molecule has 0 radical (unpaired) electrons. The molecule has 1 aromatic heterocycles. The summed E-state index contributed by atoms with van der Waals surface area (Å²) in [5, 5.41) is 0. The molecule has 2 rings (SSSR count). The molecule has 13 heavy (non-hydrogen) atoms. The number of benzene rings is 1.